The third kappa shape index (κ3) is 5.04. The lowest BCUT2D eigenvalue weighted by Crippen LogP contribution is -2.11. The summed E-state index contributed by atoms with van der Waals surface area (Å²) in [6.45, 7) is 2.00. The average Bonchev–Trinajstić information content (AvgIpc) is 3.37. The van der Waals surface area contributed by atoms with Crippen molar-refractivity contribution in [3.63, 3.8) is 0 Å². The Morgan fingerprint density at radius 1 is 0.944 bits per heavy atom. The molecule has 0 aromatic heterocycles. The van der Waals surface area contributed by atoms with E-state index in [1.165, 1.54) is 27.4 Å². The van der Waals surface area contributed by atoms with E-state index < -0.39 is 28.6 Å². The van der Waals surface area contributed by atoms with Crippen LogP contribution in [0.2, 0.25) is 0 Å². The van der Waals surface area contributed by atoms with Crippen LogP contribution in [0.5, 0.6) is 17.2 Å². The smallest absolute Gasteiger partial charge is 0.416 e. The average molecular weight is 520 g/mol. The van der Waals surface area contributed by atoms with Crippen molar-refractivity contribution >= 4 is 16.7 Å². The first-order valence-corrected chi connectivity index (χ1v) is 12.0. The summed E-state index contributed by atoms with van der Waals surface area (Å²) in [5, 5.41) is 0. The fourth-order valence-corrected chi connectivity index (χ4v) is 5.03. The van der Waals surface area contributed by atoms with Gasteiger partial charge in [0.25, 0.3) is 0 Å². The second kappa shape index (κ2) is 10.2. The molecule has 1 aliphatic heterocycles. The Morgan fingerprint density at radius 2 is 1.58 bits per heavy atom. The summed E-state index contributed by atoms with van der Waals surface area (Å²) in [4.78, 5) is 4.95. The molecule has 0 spiro atoms. The summed E-state index contributed by atoms with van der Waals surface area (Å²) in [7, 11) is 2.59. The van der Waals surface area contributed by atoms with Crippen LogP contribution in [0.1, 0.15) is 28.3 Å². The van der Waals surface area contributed by atoms with Gasteiger partial charge in [-0.1, -0.05) is 17.7 Å². The van der Waals surface area contributed by atoms with Gasteiger partial charge in [0.15, 0.2) is 11.5 Å². The number of halogens is 3. The number of benzene rings is 3. The summed E-state index contributed by atoms with van der Waals surface area (Å²) in [6, 6.07) is 12.8. The van der Waals surface area contributed by atoms with E-state index in [2.05, 4.69) is 4.99 Å². The minimum atomic E-state index is -4.60. The van der Waals surface area contributed by atoms with E-state index in [1.807, 2.05) is 6.92 Å². The lowest BCUT2D eigenvalue weighted by molar-refractivity contribution is -0.137. The number of hydrogen-bond acceptors (Lipinski definition) is 6. The molecule has 0 N–H and O–H groups in total. The molecule has 0 bridgehead atoms. The maximum Gasteiger partial charge on any atom is 0.416 e. The van der Waals surface area contributed by atoms with E-state index in [0.29, 0.717) is 27.7 Å². The predicted molar refractivity (Wildman–Crippen MR) is 129 cm³/mol. The van der Waals surface area contributed by atoms with Crippen molar-refractivity contribution in [2.75, 3.05) is 27.9 Å². The Morgan fingerprint density at radius 3 is 2.14 bits per heavy atom. The summed E-state index contributed by atoms with van der Waals surface area (Å²) >= 11 is 0. The zero-order chi connectivity index (χ0) is 26.0. The maximum atomic E-state index is 13.5. The number of methoxy groups -OCH3 is 3. The molecule has 0 aliphatic carbocycles. The van der Waals surface area contributed by atoms with E-state index >= 15 is 0 Å². The van der Waals surface area contributed by atoms with Gasteiger partial charge in [-0.15, -0.1) is 0 Å². The summed E-state index contributed by atoms with van der Waals surface area (Å²) in [5.74, 6) is 1.40. The zero-order valence-corrected chi connectivity index (χ0v) is 20.8. The molecule has 1 aliphatic rings. The summed E-state index contributed by atoms with van der Waals surface area (Å²) in [5.41, 5.74) is 0.975. The van der Waals surface area contributed by atoms with Gasteiger partial charge in [0.1, 0.15) is 12.6 Å². The molecular weight excluding hydrogens is 495 g/mol. The van der Waals surface area contributed by atoms with E-state index in [4.69, 9.17) is 18.9 Å². The topological polar surface area (TPSA) is 66.4 Å². The van der Waals surface area contributed by atoms with Crippen LogP contribution in [-0.2, 0) is 21.7 Å². The first-order valence-electron chi connectivity index (χ1n) is 10.9. The monoisotopic (exact) mass is 519 g/mol. The Balaban J connectivity index is 1.77. The van der Waals surface area contributed by atoms with Gasteiger partial charge in [0, 0.05) is 4.90 Å². The molecule has 4 rings (SSSR count). The van der Waals surface area contributed by atoms with Gasteiger partial charge in [-0.3, -0.25) is 0 Å². The molecule has 2 atom stereocenters. The lowest BCUT2D eigenvalue weighted by Gasteiger charge is -2.15. The van der Waals surface area contributed by atoms with Crippen LogP contribution in [0.15, 0.2) is 69.4 Å². The molecule has 3 aromatic rings. The van der Waals surface area contributed by atoms with Crippen LogP contribution in [0.4, 0.5) is 13.2 Å². The van der Waals surface area contributed by atoms with Crippen LogP contribution >= 0.6 is 0 Å². The van der Waals surface area contributed by atoms with Gasteiger partial charge in [-0.2, -0.15) is 13.2 Å². The van der Waals surface area contributed by atoms with E-state index in [0.717, 1.165) is 17.7 Å². The van der Waals surface area contributed by atoms with E-state index in [1.54, 1.807) is 36.4 Å². The number of nitrogens with zero attached hydrogens (tertiary/aromatic N) is 1. The highest BCUT2D eigenvalue weighted by molar-refractivity contribution is 7.85. The van der Waals surface area contributed by atoms with Gasteiger partial charge < -0.3 is 18.9 Å². The fraction of sp³-hybridized carbons (Fsp3) is 0.269. The third-order valence-electron chi connectivity index (χ3n) is 5.70. The van der Waals surface area contributed by atoms with Crippen molar-refractivity contribution in [1.29, 1.82) is 0 Å². The van der Waals surface area contributed by atoms with Crippen molar-refractivity contribution < 1.29 is 36.3 Å². The molecule has 0 saturated heterocycles. The summed E-state index contributed by atoms with van der Waals surface area (Å²) in [6.07, 6.45) is -4.60. The van der Waals surface area contributed by atoms with E-state index in [-0.39, 0.29) is 23.0 Å². The Kier molecular flexibility index (Phi) is 7.26. The highest BCUT2D eigenvalue weighted by Gasteiger charge is 2.34. The van der Waals surface area contributed by atoms with Gasteiger partial charge in [0.05, 0.1) is 48.2 Å². The van der Waals surface area contributed by atoms with Gasteiger partial charge in [0.2, 0.25) is 11.6 Å². The standard InChI is InChI=1S/C26H24F3NO5S/c1-15-5-8-18(9-6-15)36(31)23-13-17(26(27,28)29)7-10-19(23)25-30-20(14-35-25)16-11-21(32-2)24(34-4)22(12-16)33-3/h5-13,20H,14H2,1-4H3/t20-,36?/m1/s1. The molecule has 36 heavy (non-hydrogen) atoms. The Bertz CT molecular complexity index is 1300. The summed E-state index contributed by atoms with van der Waals surface area (Å²) < 4.78 is 75.8. The van der Waals surface area contributed by atoms with Crippen LogP contribution in [0, 0.1) is 6.92 Å². The molecular formula is C26H24F3NO5S. The van der Waals surface area contributed by atoms with Gasteiger partial charge in [-0.05, 0) is 55.0 Å². The fourth-order valence-electron chi connectivity index (χ4n) is 3.80. The third-order valence-corrected chi connectivity index (χ3v) is 7.13. The van der Waals surface area contributed by atoms with Crippen molar-refractivity contribution in [2.45, 2.75) is 28.9 Å². The maximum absolute atomic E-state index is 13.5. The number of hydrogen-bond donors (Lipinski definition) is 0. The minimum Gasteiger partial charge on any atom is -0.493 e. The first kappa shape index (κ1) is 25.6. The zero-order valence-electron chi connectivity index (χ0n) is 20.0. The molecule has 190 valence electrons. The van der Waals surface area contributed by atoms with E-state index in [9.17, 15) is 17.4 Å². The second-order valence-electron chi connectivity index (χ2n) is 8.01. The molecule has 10 heteroatoms. The normalized spacial score (nSPS) is 16.2. The first-order chi connectivity index (χ1) is 17.2. The SMILES string of the molecule is COc1cc([C@H]2COC(c3ccc(C(F)(F)F)cc3S(=O)c3ccc(C)cc3)=N2)cc(OC)c1OC. The Hall–Kier alpha value is -3.53. The largest absolute Gasteiger partial charge is 0.493 e. The quantitative estimate of drug-likeness (QED) is 0.399. The van der Waals surface area contributed by atoms with Crippen LogP contribution in [-0.4, -0.2) is 38.0 Å². The molecule has 6 nitrogen and oxygen atoms in total. The molecule has 3 aromatic carbocycles. The molecule has 1 heterocycles. The van der Waals surface area contributed by atoms with Gasteiger partial charge >= 0.3 is 6.18 Å². The second-order valence-corrected chi connectivity index (χ2v) is 9.46. The van der Waals surface area contributed by atoms with Crippen LogP contribution < -0.4 is 14.2 Å². The number of ether oxygens (including phenoxy) is 4. The highest BCUT2D eigenvalue weighted by atomic mass is 32.2. The highest BCUT2D eigenvalue weighted by Crippen LogP contribution is 2.41. The number of aryl methyl sites for hydroxylation is 1. The van der Waals surface area contributed by atoms with Crippen molar-refractivity contribution in [3.05, 3.63) is 76.9 Å². The lowest BCUT2D eigenvalue weighted by atomic mass is 10.1. The molecule has 1 unspecified atom stereocenters. The number of aliphatic imine (C=N–C) groups is 1. The molecule has 0 saturated carbocycles. The number of alkyl halides is 3. The van der Waals surface area contributed by atoms with Crippen molar-refractivity contribution in [2.24, 2.45) is 4.99 Å². The van der Waals surface area contributed by atoms with Crippen LogP contribution in [0.3, 0.4) is 0 Å². The van der Waals surface area contributed by atoms with Crippen molar-refractivity contribution in [1.82, 2.24) is 0 Å². The van der Waals surface area contributed by atoms with Crippen molar-refractivity contribution in [3.8, 4) is 17.2 Å². The molecule has 0 fully saturated rings. The molecule has 0 radical (unpaired) electrons. The Labute approximate surface area is 209 Å². The van der Waals surface area contributed by atoms with Crippen LogP contribution in [0.25, 0.3) is 0 Å². The predicted octanol–water partition coefficient (Wildman–Crippen LogP) is 5.72. The molecule has 0 amide bonds. The number of rotatable bonds is 7. The van der Waals surface area contributed by atoms with Gasteiger partial charge in [-0.25, -0.2) is 9.20 Å². The minimum absolute atomic E-state index is 0.0297.